The lowest BCUT2D eigenvalue weighted by Crippen LogP contribution is -2.42. The predicted octanol–water partition coefficient (Wildman–Crippen LogP) is 2.57. The Morgan fingerprint density at radius 3 is 2.20 bits per heavy atom. The maximum Gasteiger partial charge on any atom is 0.339 e. The van der Waals surface area contributed by atoms with E-state index in [4.69, 9.17) is 4.74 Å². The third-order valence-corrected chi connectivity index (χ3v) is 4.91. The molecule has 0 saturated carbocycles. The third kappa shape index (κ3) is 4.17. The van der Waals surface area contributed by atoms with Gasteiger partial charge in [0.1, 0.15) is 12.3 Å². The molecule has 1 atom stereocenters. The molecule has 1 aliphatic heterocycles. The summed E-state index contributed by atoms with van der Waals surface area (Å²) in [5, 5.41) is 2.82. The quantitative estimate of drug-likeness (QED) is 0.560. The lowest BCUT2D eigenvalue weighted by molar-refractivity contribution is -0.140. The zero-order valence-electron chi connectivity index (χ0n) is 17.0. The minimum absolute atomic E-state index is 0.230. The molecule has 156 valence electrons. The fourth-order valence-electron chi connectivity index (χ4n) is 3.21. The number of benzene rings is 2. The molecule has 0 spiro atoms. The Bertz CT molecular complexity index is 969. The average molecular weight is 409 g/mol. The number of hydrogen-bond acceptors (Lipinski definition) is 5. The second-order valence-corrected chi connectivity index (χ2v) is 6.95. The molecule has 0 aliphatic carbocycles. The SMILES string of the molecule is CC[C@@H](NC(=O)CN1C(=O)C(=O)N(c2ccc(OC)cc2)C1=O)c1ccc(C)cc1. The van der Waals surface area contributed by atoms with Gasteiger partial charge in [-0.3, -0.25) is 14.4 Å². The highest BCUT2D eigenvalue weighted by Crippen LogP contribution is 2.25. The number of hydrogen-bond donors (Lipinski definition) is 1. The molecule has 0 radical (unpaired) electrons. The van der Waals surface area contributed by atoms with Gasteiger partial charge in [0.15, 0.2) is 0 Å². The normalized spacial score (nSPS) is 14.8. The van der Waals surface area contributed by atoms with Crippen molar-refractivity contribution in [1.82, 2.24) is 10.2 Å². The molecule has 1 N–H and O–H groups in total. The number of amides is 5. The first-order valence-corrected chi connectivity index (χ1v) is 9.55. The van der Waals surface area contributed by atoms with Gasteiger partial charge in [0.2, 0.25) is 5.91 Å². The first-order valence-electron chi connectivity index (χ1n) is 9.55. The maximum absolute atomic E-state index is 12.7. The van der Waals surface area contributed by atoms with Crippen LogP contribution in [0.2, 0.25) is 0 Å². The van der Waals surface area contributed by atoms with E-state index in [0.29, 0.717) is 17.1 Å². The molecule has 1 fully saturated rings. The predicted molar refractivity (Wildman–Crippen MR) is 110 cm³/mol. The Kier molecular flexibility index (Phi) is 6.15. The molecule has 0 unspecified atom stereocenters. The van der Waals surface area contributed by atoms with E-state index in [0.717, 1.165) is 16.0 Å². The summed E-state index contributed by atoms with van der Waals surface area (Å²) < 4.78 is 5.05. The lowest BCUT2D eigenvalue weighted by Gasteiger charge is -2.20. The summed E-state index contributed by atoms with van der Waals surface area (Å²) in [7, 11) is 1.49. The van der Waals surface area contributed by atoms with Crippen molar-refractivity contribution in [3.8, 4) is 5.75 Å². The number of imide groups is 2. The molecular weight excluding hydrogens is 386 g/mol. The average Bonchev–Trinajstić information content (AvgIpc) is 2.96. The van der Waals surface area contributed by atoms with Gasteiger partial charge in [-0.15, -0.1) is 0 Å². The van der Waals surface area contributed by atoms with Crippen LogP contribution in [0.25, 0.3) is 0 Å². The van der Waals surface area contributed by atoms with Crippen molar-refractivity contribution >= 4 is 29.4 Å². The first kappa shape index (κ1) is 21.0. The van der Waals surface area contributed by atoms with Gasteiger partial charge in [-0.1, -0.05) is 36.8 Å². The number of urea groups is 1. The number of carbonyl (C=O) groups excluding carboxylic acids is 4. The Hall–Kier alpha value is -3.68. The van der Waals surface area contributed by atoms with Crippen LogP contribution in [0.3, 0.4) is 0 Å². The van der Waals surface area contributed by atoms with E-state index in [1.807, 2.05) is 38.1 Å². The van der Waals surface area contributed by atoms with Crippen LogP contribution in [0.5, 0.6) is 5.75 Å². The van der Waals surface area contributed by atoms with Crippen LogP contribution in [0.15, 0.2) is 48.5 Å². The number of ether oxygens (including phenoxy) is 1. The van der Waals surface area contributed by atoms with Crippen molar-refractivity contribution in [3.05, 3.63) is 59.7 Å². The Labute approximate surface area is 174 Å². The van der Waals surface area contributed by atoms with E-state index in [9.17, 15) is 19.2 Å². The molecule has 1 saturated heterocycles. The molecule has 1 aliphatic rings. The fourth-order valence-corrected chi connectivity index (χ4v) is 3.21. The summed E-state index contributed by atoms with van der Waals surface area (Å²) in [6, 6.07) is 12.8. The highest BCUT2D eigenvalue weighted by Gasteiger charge is 2.46. The van der Waals surface area contributed by atoms with Gasteiger partial charge in [0.05, 0.1) is 18.8 Å². The van der Waals surface area contributed by atoms with Crippen LogP contribution in [0.4, 0.5) is 10.5 Å². The van der Waals surface area contributed by atoms with E-state index in [-0.39, 0.29) is 11.7 Å². The molecule has 2 aromatic rings. The maximum atomic E-state index is 12.7. The second-order valence-electron chi connectivity index (χ2n) is 6.95. The zero-order chi connectivity index (χ0) is 21.8. The number of aryl methyl sites for hydroxylation is 1. The van der Waals surface area contributed by atoms with Crippen molar-refractivity contribution in [1.29, 1.82) is 0 Å². The molecule has 0 bridgehead atoms. The van der Waals surface area contributed by atoms with Crippen LogP contribution in [-0.4, -0.2) is 42.3 Å². The summed E-state index contributed by atoms with van der Waals surface area (Å²) >= 11 is 0. The fraction of sp³-hybridized carbons (Fsp3) is 0.273. The van der Waals surface area contributed by atoms with E-state index in [1.165, 1.54) is 19.2 Å². The van der Waals surface area contributed by atoms with Crippen molar-refractivity contribution in [3.63, 3.8) is 0 Å². The molecule has 1 heterocycles. The highest BCUT2D eigenvalue weighted by atomic mass is 16.5. The zero-order valence-corrected chi connectivity index (χ0v) is 17.0. The monoisotopic (exact) mass is 409 g/mol. The van der Waals surface area contributed by atoms with Crippen LogP contribution in [-0.2, 0) is 14.4 Å². The van der Waals surface area contributed by atoms with Crippen LogP contribution in [0.1, 0.15) is 30.5 Å². The minimum Gasteiger partial charge on any atom is -0.497 e. The minimum atomic E-state index is -1.03. The van der Waals surface area contributed by atoms with Crippen molar-refractivity contribution in [2.75, 3.05) is 18.6 Å². The molecule has 30 heavy (non-hydrogen) atoms. The highest BCUT2D eigenvalue weighted by molar-refractivity contribution is 6.53. The Morgan fingerprint density at radius 1 is 1.00 bits per heavy atom. The van der Waals surface area contributed by atoms with Gasteiger partial charge in [0, 0.05) is 0 Å². The van der Waals surface area contributed by atoms with Crippen LogP contribution >= 0.6 is 0 Å². The van der Waals surface area contributed by atoms with Crippen molar-refractivity contribution in [2.24, 2.45) is 0 Å². The lowest BCUT2D eigenvalue weighted by atomic mass is 10.0. The summed E-state index contributed by atoms with van der Waals surface area (Å²) in [5.74, 6) is -2.01. The number of anilines is 1. The molecule has 0 aromatic heterocycles. The molecule has 2 aromatic carbocycles. The molecule has 8 nitrogen and oxygen atoms in total. The van der Waals surface area contributed by atoms with Gasteiger partial charge in [-0.25, -0.2) is 14.6 Å². The molecule has 3 rings (SSSR count). The summed E-state index contributed by atoms with van der Waals surface area (Å²) in [6.07, 6.45) is 0.633. The van der Waals surface area contributed by atoms with Crippen molar-refractivity contribution < 1.29 is 23.9 Å². The number of methoxy groups -OCH3 is 1. The van der Waals surface area contributed by atoms with Crippen molar-refractivity contribution in [2.45, 2.75) is 26.3 Å². The van der Waals surface area contributed by atoms with Gasteiger partial charge < -0.3 is 10.1 Å². The number of rotatable bonds is 7. The number of carbonyl (C=O) groups is 4. The van der Waals surface area contributed by atoms with E-state index in [1.54, 1.807) is 12.1 Å². The molecular formula is C22H23N3O5. The largest absolute Gasteiger partial charge is 0.497 e. The summed E-state index contributed by atoms with van der Waals surface area (Å²) in [5.41, 5.74) is 2.25. The Balaban J connectivity index is 1.71. The summed E-state index contributed by atoms with van der Waals surface area (Å²) in [6.45, 7) is 3.36. The number of nitrogens with zero attached hydrogens (tertiary/aromatic N) is 2. The van der Waals surface area contributed by atoms with E-state index in [2.05, 4.69) is 5.32 Å². The van der Waals surface area contributed by atoms with Crippen LogP contribution < -0.4 is 15.0 Å². The standard InChI is InChI=1S/C22H23N3O5/c1-4-18(15-7-5-14(2)6-8-15)23-19(26)13-24-20(27)21(28)25(22(24)29)16-9-11-17(30-3)12-10-16/h5-12,18H,4,13H2,1-3H3,(H,23,26)/t18-/m1/s1. The van der Waals surface area contributed by atoms with Gasteiger partial charge >= 0.3 is 17.8 Å². The topological polar surface area (TPSA) is 96.0 Å². The van der Waals surface area contributed by atoms with Gasteiger partial charge in [-0.05, 0) is 43.2 Å². The molecule has 5 amide bonds. The summed E-state index contributed by atoms with van der Waals surface area (Å²) in [4.78, 5) is 51.3. The van der Waals surface area contributed by atoms with Gasteiger partial charge in [0.25, 0.3) is 0 Å². The van der Waals surface area contributed by atoms with E-state index >= 15 is 0 Å². The molecule has 8 heteroatoms. The second kappa shape index (κ2) is 8.77. The third-order valence-electron chi connectivity index (χ3n) is 4.91. The Morgan fingerprint density at radius 2 is 1.63 bits per heavy atom. The number of nitrogens with one attached hydrogen (secondary N) is 1. The van der Waals surface area contributed by atoms with E-state index < -0.39 is 30.3 Å². The van der Waals surface area contributed by atoms with Gasteiger partial charge in [-0.2, -0.15) is 0 Å². The smallest absolute Gasteiger partial charge is 0.339 e. The van der Waals surface area contributed by atoms with Crippen LogP contribution in [0, 0.1) is 6.92 Å². The first-order chi connectivity index (χ1) is 14.3.